The number of aliphatic carboxylic acids is 1. The predicted octanol–water partition coefficient (Wildman–Crippen LogP) is 2.05. The molecule has 8 heteroatoms. The highest BCUT2D eigenvalue weighted by Crippen LogP contribution is 2.35. The first-order valence-electron chi connectivity index (χ1n) is 10.1. The molecule has 2 N–H and O–H groups in total. The number of nitrogens with one attached hydrogen (secondary N) is 1. The molecular weight excluding hydrogens is 392 g/mol. The highest BCUT2D eigenvalue weighted by molar-refractivity contribution is 8.00. The molecule has 0 bridgehead atoms. The predicted molar refractivity (Wildman–Crippen MR) is 110 cm³/mol. The van der Waals surface area contributed by atoms with Gasteiger partial charge < -0.3 is 14.7 Å². The van der Waals surface area contributed by atoms with Crippen LogP contribution in [0.25, 0.3) is 0 Å². The van der Waals surface area contributed by atoms with Crippen LogP contribution in [0.2, 0.25) is 0 Å². The number of rotatable bonds is 8. The van der Waals surface area contributed by atoms with E-state index in [9.17, 15) is 19.5 Å². The quantitative estimate of drug-likeness (QED) is 0.622. The van der Waals surface area contributed by atoms with Crippen molar-refractivity contribution in [2.75, 3.05) is 12.4 Å². The monoisotopic (exact) mass is 420 g/mol. The molecule has 0 aromatic heterocycles. The molecule has 0 saturated carbocycles. The number of nitrogens with zero attached hydrogens (tertiary/aromatic N) is 1. The number of esters is 1. The first-order chi connectivity index (χ1) is 14.0. The minimum Gasteiger partial charge on any atom is -0.480 e. The standard InChI is InChI=1S/C21H28N2O5S/c1-2-28-21(27)16(12-11-14-7-4-3-5-8-14)22-15-9-6-10-18-23(19(15)24)17(13-29-18)20(25)26/h3-5,7-8,15-18,22H,2,6,9-13H2,1H3,(H,25,26)/t15-,16?,17-,18+/m0/s1. The molecule has 2 aliphatic rings. The van der Waals surface area contributed by atoms with Crippen LogP contribution in [0.4, 0.5) is 0 Å². The van der Waals surface area contributed by atoms with Crippen molar-refractivity contribution in [3.63, 3.8) is 0 Å². The molecule has 0 spiro atoms. The highest BCUT2D eigenvalue weighted by Gasteiger charge is 2.45. The van der Waals surface area contributed by atoms with Gasteiger partial charge in [-0.05, 0) is 44.6 Å². The number of carboxylic acid groups (broad SMARTS) is 1. The summed E-state index contributed by atoms with van der Waals surface area (Å²) in [5.41, 5.74) is 1.11. The summed E-state index contributed by atoms with van der Waals surface area (Å²) in [7, 11) is 0. The number of ether oxygens (including phenoxy) is 1. The Kier molecular flexibility index (Phi) is 7.55. The zero-order valence-electron chi connectivity index (χ0n) is 16.6. The largest absolute Gasteiger partial charge is 0.480 e. The molecule has 1 aromatic carbocycles. The van der Waals surface area contributed by atoms with Gasteiger partial charge in [0.1, 0.15) is 12.1 Å². The minimum absolute atomic E-state index is 0.0965. The number of amides is 1. The number of thioether (sulfide) groups is 1. The third kappa shape index (κ3) is 5.30. The lowest BCUT2D eigenvalue weighted by atomic mass is 10.0. The van der Waals surface area contributed by atoms with Gasteiger partial charge in [-0.15, -0.1) is 11.8 Å². The third-order valence-electron chi connectivity index (χ3n) is 5.41. The van der Waals surface area contributed by atoms with E-state index < -0.39 is 24.1 Å². The summed E-state index contributed by atoms with van der Waals surface area (Å²) in [6.45, 7) is 2.03. The van der Waals surface area contributed by atoms with Gasteiger partial charge in [-0.1, -0.05) is 30.3 Å². The summed E-state index contributed by atoms with van der Waals surface area (Å²) >= 11 is 1.53. The van der Waals surface area contributed by atoms with Crippen LogP contribution >= 0.6 is 11.8 Å². The second-order valence-corrected chi connectivity index (χ2v) is 8.58. The summed E-state index contributed by atoms with van der Waals surface area (Å²) in [5.74, 6) is -1.16. The van der Waals surface area contributed by atoms with E-state index in [1.807, 2.05) is 30.3 Å². The van der Waals surface area contributed by atoms with Gasteiger partial charge in [0.05, 0.1) is 18.0 Å². The maximum absolute atomic E-state index is 13.2. The van der Waals surface area contributed by atoms with Crippen molar-refractivity contribution in [2.24, 2.45) is 0 Å². The molecule has 2 fully saturated rings. The van der Waals surface area contributed by atoms with Crippen LogP contribution < -0.4 is 5.32 Å². The van der Waals surface area contributed by atoms with Crippen molar-refractivity contribution < 1.29 is 24.2 Å². The van der Waals surface area contributed by atoms with Gasteiger partial charge in [-0.3, -0.25) is 14.9 Å². The Bertz CT molecular complexity index is 729. The Morgan fingerprint density at radius 1 is 1.31 bits per heavy atom. The van der Waals surface area contributed by atoms with Crippen molar-refractivity contribution in [1.29, 1.82) is 0 Å². The summed E-state index contributed by atoms with van der Waals surface area (Å²) < 4.78 is 5.22. The Balaban J connectivity index is 1.72. The molecule has 158 valence electrons. The van der Waals surface area contributed by atoms with Crippen molar-refractivity contribution in [2.45, 2.75) is 62.5 Å². The zero-order chi connectivity index (χ0) is 20.8. The lowest BCUT2D eigenvalue weighted by Gasteiger charge is -2.30. The van der Waals surface area contributed by atoms with Crippen LogP contribution in [-0.4, -0.2) is 63.7 Å². The molecule has 2 aliphatic heterocycles. The van der Waals surface area contributed by atoms with Gasteiger partial charge >= 0.3 is 11.9 Å². The average molecular weight is 421 g/mol. The fraction of sp³-hybridized carbons (Fsp3) is 0.571. The number of hydrogen-bond donors (Lipinski definition) is 2. The third-order valence-corrected chi connectivity index (χ3v) is 6.77. The maximum atomic E-state index is 13.2. The van der Waals surface area contributed by atoms with Gasteiger partial charge in [0, 0.05) is 5.75 Å². The average Bonchev–Trinajstić information content (AvgIpc) is 3.08. The Labute approximate surface area is 175 Å². The van der Waals surface area contributed by atoms with Crippen molar-refractivity contribution in [3.05, 3.63) is 35.9 Å². The minimum atomic E-state index is -0.972. The summed E-state index contributed by atoms with van der Waals surface area (Å²) in [6.07, 6.45) is 3.34. The molecule has 29 heavy (non-hydrogen) atoms. The van der Waals surface area contributed by atoms with Crippen LogP contribution in [0.1, 0.15) is 38.2 Å². The second-order valence-electron chi connectivity index (χ2n) is 7.37. The fourth-order valence-corrected chi connectivity index (χ4v) is 5.39. The maximum Gasteiger partial charge on any atom is 0.327 e. The van der Waals surface area contributed by atoms with Crippen molar-refractivity contribution in [1.82, 2.24) is 10.2 Å². The molecule has 7 nitrogen and oxygen atoms in total. The Morgan fingerprint density at radius 3 is 2.76 bits per heavy atom. The lowest BCUT2D eigenvalue weighted by Crippen LogP contribution is -2.55. The zero-order valence-corrected chi connectivity index (χ0v) is 17.4. The number of carboxylic acids is 1. The molecule has 1 amide bonds. The molecule has 4 atom stereocenters. The first-order valence-corrected chi connectivity index (χ1v) is 11.2. The molecule has 2 heterocycles. The SMILES string of the molecule is CCOC(=O)C(CCc1ccccc1)N[C@H]1CCC[C@H]2SC[C@@H](C(=O)O)N2C1=O. The smallest absolute Gasteiger partial charge is 0.327 e. The normalized spacial score (nSPS) is 25.2. The van der Waals surface area contributed by atoms with E-state index in [1.165, 1.54) is 16.7 Å². The van der Waals surface area contributed by atoms with E-state index in [0.717, 1.165) is 18.4 Å². The second kappa shape index (κ2) is 10.1. The lowest BCUT2D eigenvalue weighted by molar-refractivity contribution is -0.151. The summed E-state index contributed by atoms with van der Waals surface area (Å²) in [6, 6.07) is 7.86. The van der Waals surface area contributed by atoms with Gasteiger partial charge in [0.25, 0.3) is 0 Å². The van der Waals surface area contributed by atoms with E-state index in [0.29, 0.717) is 25.0 Å². The topological polar surface area (TPSA) is 95.9 Å². The number of hydrogen-bond acceptors (Lipinski definition) is 6. The molecule has 0 radical (unpaired) electrons. The van der Waals surface area contributed by atoms with E-state index in [1.54, 1.807) is 6.92 Å². The van der Waals surface area contributed by atoms with E-state index in [2.05, 4.69) is 5.32 Å². The van der Waals surface area contributed by atoms with Crippen molar-refractivity contribution >= 4 is 29.6 Å². The molecule has 1 aromatic rings. The Morgan fingerprint density at radius 2 is 2.07 bits per heavy atom. The van der Waals surface area contributed by atoms with Crippen LogP contribution in [0.15, 0.2) is 30.3 Å². The molecule has 3 rings (SSSR count). The number of aryl methyl sites for hydroxylation is 1. The van der Waals surface area contributed by atoms with Crippen LogP contribution in [0.3, 0.4) is 0 Å². The van der Waals surface area contributed by atoms with Crippen LogP contribution in [0, 0.1) is 0 Å². The van der Waals surface area contributed by atoms with Gasteiger partial charge in [0.15, 0.2) is 0 Å². The Hall–Kier alpha value is -2.06. The van der Waals surface area contributed by atoms with Gasteiger partial charge in [-0.2, -0.15) is 0 Å². The van der Waals surface area contributed by atoms with Crippen LogP contribution in [0.5, 0.6) is 0 Å². The summed E-state index contributed by atoms with van der Waals surface area (Å²) in [4.78, 5) is 38.8. The van der Waals surface area contributed by atoms with Crippen molar-refractivity contribution in [3.8, 4) is 0 Å². The molecule has 2 saturated heterocycles. The van der Waals surface area contributed by atoms with E-state index >= 15 is 0 Å². The number of carbonyl (C=O) groups excluding carboxylic acids is 2. The van der Waals surface area contributed by atoms with E-state index in [-0.39, 0.29) is 23.9 Å². The molecule has 1 unspecified atom stereocenters. The fourth-order valence-electron chi connectivity index (χ4n) is 3.94. The number of fused-ring (bicyclic) bond motifs is 1. The molecular formula is C21H28N2O5S. The first kappa shape index (κ1) is 21.6. The molecule has 0 aliphatic carbocycles. The number of carbonyl (C=O) groups is 3. The van der Waals surface area contributed by atoms with Gasteiger partial charge in [-0.25, -0.2) is 4.79 Å². The highest BCUT2D eigenvalue weighted by atomic mass is 32.2. The van der Waals surface area contributed by atoms with E-state index in [4.69, 9.17) is 4.74 Å². The van der Waals surface area contributed by atoms with Gasteiger partial charge in [0.2, 0.25) is 5.91 Å². The summed E-state index contributed by atoms with van der Waals surface area (Å²) in [5, 5.41) is 12.6. The number of benzene rings is 1. The van der Waals surface area contributed by atoms with Crippen LogP contribution in [-0.2, 0) is 25.5 Å².